The number of carbonyl (C=O) groups is 3. The van der Waals surface area contributed by atoms with Gasteiger partial charge in [-0.15, -0.1) is 0 Å². The fraction of sp³-hybridized carbons (Fsp3) is 0.233. The molecule has 202 valence electrons. The molecule has 1 heterocycles. The molecule has 5 atom stereocenters. The second-order valence-corrected chi connectivity index (χ2v) is 9.51. The Labute approximate surface area is 225 Å². The number of hydrogen-bond acceptors (Lipinski definition) is 5. The molecule has 0 saturated heterocycles. The lowest BCUT2D eigenvalue weighted by Crippen LogP contribution is -2.58. The van der Waals surface area contributed by atoms with Gasteiger partial charge >= 0.3 is 0 Å². The molecule has 9 heteroatoms. The summed E-state index contributed by atoms with van der Waals surface area (Å²) in [7, 11) is 1.56. The average molecular weight is 534 g/mol. The van der Waals surface area contributed by atoms with Gasteiger partial charge in [0.1, 0.15) is 17.7 Å². The number of hydrogen-bond donors (Lipinski definition) is 2. The van der Waals surface area contributed by atoms with Gasteiger partial charge in [0.15, 0.2) is 6.10 Å². The topological polar surface area (TPSA) is 104 Å². The van der Waals surface area contributed by atoms with Crippen molar-refractivity contribution in [1.29, 1.82) is 0 Å². The minimum absolute atomic E-state index is 0.400. The molecule has 1 aliphatic heterocycles. The molecule has 1 aliphatic rings. The van der Waals surface area contributed by atoms with Crippen molar-refractivity contribution in [2.24, 2.45) is 5.73 Å². The van der Waals surface area contributed by atoms with Crippen molar-refractivity contribution in [3.05, 3.63) is 119 Å². The Hall–Kier alpha value is -4.21. The van der Waals surface area contributed by atoms with E-state index in [4.69, 9.17) is 5.73 Å². The van der Waals surface area contributed by atoms with Crippen molar-refractivity contribution in [3.63, 3.8) is 0 Å². The summed E-state index contributed by atoms with van der Waals surface area (Å²) in [5.74, 6) is -5.55. The average Bonchev–Trinajstić information content (AvgIpc) is 3.05. The molecule has 3 N–H and O–H groups in total. The molecule has 39 heavy (non-hydrogen) atoms. The first-order valence-electron chi connectivity index (χ1n) is 12.4. The second kappa shape index (κ2) is 11.7. The van der Waals surface area contributed by atoms with Crippen LogP contribution >= 0.6 is 0 Å². The number of amides is 3. The summed E-state index contributed by atoms with van der Waals surface area (Å²) in [6, 6.07) is 17.1. The highest BCUT2D eigenvalue weighted by Gasteiger charge is 2.46. The third-order valence-electron chi connectivity index (χ3n) is 6.76. The van der Waals surface area contributed by atoms with Crippen LogP contribution in [-0.2, 0) is 14.4 Å². The second-order valence-electron chi connectivity index (χ2n) is 9.51. The molecular weight excluding hydrogens is 504 g/mol. The number of carbonyl (C=O) groups excluding carboxylic acids is 3. The molecule has 0 spiro atoms. The number of aliphatic hydroxyl groups excluding tert-OH is 1. The van der Waals surface area contributed by atoms with Crippen LogP contribution in [0.3, 0.4) is 0 Å². The molecule has 7 nitrogen and oxygen atoms in total. The lowest BCUT2D eigenvalue weighted by atomic mass is 9.88. The zero-order valence-electron chi connectivity index (χ0n) is 21.4. The highest BCUT2D eigenvalue weighted by Crippen LogP contribution is 2.36. The number of nitrogens with two attached hydrogens (primary N) is 1. The van der Waals surface area contributed by atoms with E-state index in [1.165, 1.54) is 11.8 Å². The van der Waals surface area contributed by atoms with Gasteiger partial charge in [0.05, 0.1) is 12.1 Å². The molecule has 0 bridgehead atoms. The number of nitrogens with zero attached hydrogens (tertiary/aromatic N) is 2. The van der Waals surface area contributed by atoms with Crippen molar-refractivity contribution in [2.45, 2.75) is 37.1 Å². The minimum Gasteiger partial charge on any atom is -0.378 e. The largest absolute Gasteiger partial charge is 0.378 e. The van der Waals surface area contributed by atoms with E-state index in [1.54, 1.807) is 43.5 Å². The van der Waals surface area contributed by atoms with Crippen LogP contribution in [0.4, 0.5) is 8.78 Å². The summed E-state index contributed by atoms with van der Waals surface area (Å²) in [4.78, 5) is 43.5. The summed E-state index contributed by atoms with van der Waals surface area (Å²) in [6.07, 6.45) is 1.44. The van der Waals surface area contributed by atoms with Crippen molar-refractivity contribution in [1.82, 2.24) is 9.80 Å². The van der Waals surface area contributed by atoms with Gasteiger partial charge in [-0.2, -0.15) is 0 Å². The molecule has 0 aliphatic carbocycles. The monoisotopic (exact) mass is 533 g/mol. The van der Waals surface area contributed by atoms with Crippen LogP contribution in [0.5, 0.6) is 0 Å². The predicted octanol–water partition coefficient (Wildman–Crippen LogP) is 3.62. The Kier molecular flexibility index (Phi) is 8.32. The molecule has 0 fully saturated rings. The summed E-state index contributed by atoms with van der Waals surface area (Å²) in [6.45, 7) is 1.35. The fourth-order valence-electron chi connectivity index (χ4n) is 4.79. The highest BCUT2D eigenvalue weighted by molar-refractivity contribution is 6.04. The Morgan fingerprint density at radius 1 is 0.897 bits per heavy atom. The van der Waals surface area contributed by atoms with Gasteiger partial charge in [-0.1, -0.05) is 72.8 Å². The lowest BCUT2D eigenvalue weighted by molar-refractivity contribution is -0.160. The quantitative estimate of drug-likeness (QED) is 0.471. The van der Waals surface area contributed by atoms with Gasteiger partial charge in [-0.25, -0.2) is 8.78 Å². The summed E-state index contributed by atoms with van der Waals surface area (Å²) >= 11 is 0. The molecular formula is C30H29F2N3O4. The van der Waals surface area contributed by atoms with E-state index in [2.05, 4.69) is 0 Å². The van der Waals surface area contributed by atoms with Gasteiger partial charge < -0.3 is 15.7 Å². The van der Waals surface area contributed by atoms with Gasteiger partial charge in [-0.05, 0) is 35.7 Å². The number of benzene rings is 3. The molecule has 0 saturated carbocycles. The van der Waals surface area contributed by atoms with Crippen LogP contribution < -0.4 is 5.73 Å². The van der Waals surface area contributed by atoms with Crippen LogP contribution in [0, 0.1) is 11.6 Å². The van der Waals surface area contributed by atoms with Crippen LogP contribution in [0.1, 0.15) is 41.7 Å². The summed E-state index contributed by atoms with van der Waals surface area (Å²) in [5.41, 5.74) is 6.95. The maximum atomic E-state index is 14.2. The Morgan fingerprint density at radius 2 is 1.44 bits per heavy atom. The Morgan fingerprint density at radius 3 is 1.97 bits per heavy atom. The first-order valence-corrected chi connectivity index (χ1v) is 12.4. The van der Waals surface area contributed by atoms with Gasteiger partial charge in [-0.3, -0.25) is 19.3 Å². The van der Waals surface area contributed by atoms with E-state index < -0.39 is 65.1 Å². The van der Waals surface area contributed by atoms with E-state index in [-0.39, 0.29) is 0 Å². The standard InChI is InChI=1S/C30H29F2N3O4/c1-18(33)28(37)35(30(39)27(36)21-15-22(31)17-23(32)16-21)26-24(19-9-5-3-6-10-19)13-14-25(34(2)29(26)38)20-11-7-4-8-12-20/h3-18,24-27,36H,33H2,1-2H3/t18-,24-,25-,26-,27+/m0/s1. The van der Waals surface area contributed by atoms with Crippen molar-refractivity contribution in [3.8, 4) is 0 Å². The molecule has 4 rings (SSSR count). The molecule has 3 amide bonds. The van der Waals surface area contributed by atoms with E-state index in [0.717, 1.165) is 17.7 Å². The van der Waals surface area contributed by atoms with Crippen LogP contribution in [-0.4, -0.2) is 51.8 Å². The molecule has 0 radical (unpaired) electrons. The third-order valence-corrected chi connectivity index (χ3v) is 6.76. The molecule has 3 aromatic rings. The summed E-state index contributed by atoms with van der Waals surface area (Å²) < 4.78 is 27.8. The van der Waals surface area contributed by atoms with Crippen molar-refractivity contribution < 1.29 is 28.3 Å². The van der Waals surface area contributed by atoms with E-state index in [0.29, 0.717) is 16.5 Å². The fourth-order valence-corrected chi connectivity index (χ4v) is 4.79. The van der Waals surface area contributed by atoms with Gasteiger partial charge in [0, 0.05) is 19.0 Å². The number of rotatable bonds is 6. The number of likely N-dealkylation sites (N-methyl/N-ethyl adjacent to an activating group) is 1. The SMILES string of the molecule is C[C@H](N)C(=O)N(C(=O)[C@H](O)c1cc(F)cc(F)c1)[C@@H]1C(=O)N(C)[C@H](c2ccccc2)C=C[C@H]1c1ccccc1. The van der Waals surface area contributed by atoms with Crippen LogP contribution in [0.25, 0.3) is 0 Å². The first kappa shape index (κ1) is 27.8. The number of imide groups is 1. The smallest absolute Gasteiger partial charge is 0.263 e. The zero-order valence-corrected chi connectivity index (χ0v) is 21.4. The number of halogens is 2. The third kappa shape index (κ3) is 5.79. The summed E-state index contributed by atoms with van der Waals surface area (Å²) in [5, 5.41) is 10.9. The van der Waals surface area contributed by atoms with Crippen LogP contribution in [0.15, 0.2) is 91.0 Å². The zero-order chi connectivity index (χ0) is 28.3. The Balaban J connectivity index is 1.86. The van der Waals surface area contributed by atoms with E-state index >= 15 is 0 Å². The Bertz CT molecular complexity index is 1360. The maximum Gasteiger partial charge on any atom is 0.263 e. The van der Waals surface area contributed by atoms with Gasteiger partial charge in [0.2, 0.25) is 11.8 Å². The van der Waals surface area contributed by atoms with Gasteiger partial charge in [0.25, 0.3) is 5.91 Å². The predicted molar refractivity (Wildman–Crippen MR) is 141 cm³/mol. The molecule has 0 unspecified atom stereocenters. The molecule has 3 aromatic carbocycles. The van der Waals surface area contributed by atoms with Crippen molar-refractivity contribution in [2.75, 3.05) is 7.05 Å². The maximum absolute atomic E-state index is 14.2. The van der Waals surface area contributed by atoms with E-state index in [1.807, 2.05) is 36.4 Å². The highest BCUT2D eigenvalue weighted by atomic mass is 19.1. The molecule has 0 aromatic heterocycles. The minimum atomic E-state index is -2.13. The van der Waals surface area contributed by atoms with Crippen LogP contribution in [0.2, 0.25) is 0 Å². The van der Waals surface area contributed by atoms with E-state index in [9.17, 15) is 28.3 Å². The number of aliphatic hydroxyl groups is 1. The normalized spacial score (nSPS) is 20.7. The first-order chi connectivity index (χ1) is 18.6. The van der Waals surface area contributed by atoms with Crippen molar-refractivity contribution >= 4 is 17.7 Å². The lowest BCUT2D eigenvalue weighted by Gasteiger charge is -2.37.